The molecule has 0 radical (unpaired) electrons. The molecule has 2 aromatic carbocycles. The fourth-order valence-electron chi connectivity index (χ4n) is 6.30. The van der Waals surface area contributed by atoms with Gasteiger partial charge >= 0.3 is 6.09 Å². The summed E-state index contributed by atoms with van der Waals surface area (Å²) in [6.07, 6.45) is 3.17. The van der Waals surface area contributed by atoms with Gasteiger partial charge in [0.05, 0.1) is 30.0 Å². The summed E-state index contributed by atoms with van der Waals surface area (Å²) < 4.78 is 5.63. The summed E-state index contributed by atoms with van der Waals surface area (Å²) in [5.74, 6) is -0.504. The van der Waals surface area contributed by atoms with Crippen molar-refractivity contribution in [2.45, 2.75) is 78.9 Å². The molecule has 51 heavy (non-hydrogen) atoms. The minimum atomic E-state index is -1.25. The van der Waals surface area contributed by atoms with E-state index in [0.717, 1.165) is 21.5 Å². The first-order valence-electron chi connectivity index (χ1n) is 16.9. The van der Waals surface area contributed by atoms with E-state index in [1.165, 1.54) is 25.4 Å². The van der Waals surface area contributed by atoms with Gasteiger partial charge in [-0.2, -0.15) is 5.10 Å². The number of aromatic amines is 1. The maximum Gasteiger partial charge on any atom is 0.407 e. The van der Waals surface area contributed by atoms with Gasteiger partial charge in [0, 0.05) is 36.1 Å². The zero-order valence-corrected chi connectivity index (χ0v) is 30.3. The first-order valence-corrected chi connectivity index (χ1v) is 16.9. The molecule has 0 spiro atoms. The molecule has 5 N–H and O–H groups in total. The van der Waals surface area contributed by atoms with Crippen LogP contribution in [0, 0.1) is 10.8 Å². The summed E-state index contributed by atoms with van der Waals surface area (Å²) >= 11 is 0. The Morgan fingerprint density at radius 2 is 1.84 bits per heavy atom. The van der Waals surface area contributed by atoms with E-state index in [1.54, 1.807) is 18.3 Å². The van der Waals surface area contributed by atoms with E-state index in [9.17, 15) is 24.3 Å². The quantitative estimate of drug-likeness (QED) is 0.148. The number of hydrogen-bond acceptors (Lipinski definition) is 9. The number of methoxy groups -OCH3 is 1. The molecule has 1 aliphatic heterocycles. The average molecular weight is 702 g/mol. The first kappa shape index (κ1) is 36.8. The van der Waals surface area contributed by atoms with E-state index in [4.69, 9.17) is 4.74 Å². The lowest BCUT2D eigenvalue weighted by Gasteiger charge is -2.37. The van der Waals surface area contributed by atoms with E-state index in [2.05, 4.69) is 36.1 Å². The highest BCUT2D eigenvalue weighted by Gasteiger charge is 2.43. The third-order valence-electron chi connectivity index (χ3n) is 9.03. The van der Waals surface area contributed by atoms with Crippen LogP contribution in [0.25, 0.3) is 21.8 Å². The van der Waals surface area contributed by atoms with E-state index >= 15 is 0 Å². The maximum absolute atomic E-state index is 14.2. The molecule has 0 saturated carbocycles. The molecule has 1 fully saturated rings. The van der Waals surface area contributed by atoms with Crippen molar-refractivity contribution in [3.63, 3.8) is 0 Å². The summed E-state index contributed by atoms with van der Waals surface area (Å²) in [6.45, 7) is 11.5. The number of amides is 4. The second-order valence-corrected chi connectivity index (χ2v) is 15.2. The number of carbonyl (C=O) groups is 4. The maximum atomic E-state index is 14.2. The number of benzene rings is 2. The topological polar surface area (TPSA) is 195 Å². The van der Waals surface area contributed by atoms with Gasteiger partial charge in [-0.3, -0.25) is 24.4 Å². The van der Waals surface area contributed by atoms with Crippen LogP contribution >= 0.6 is 0 Å². The number of carboxylic acid groups (broad SMARTS) is 1. The smallest absolute Gasteiger partial charge is 0.407 e. The molecule has 272 valence electrons. The number of carbonyl (C=O) groups excluding carboxylic acids is 3. The highest BCUT2D eigenvalue weighted by atomic mass is 16.5. The Hall–Kier alpha value is -5.47. The second kappa shape index (κ2) is 14.4. The fourth-order valence-corrected chi connectivity index (χ4v) is 6.30. The number of nitrogens with one attached hydrogen (secondary N) is 4. The summed E-state index contributed by atoms with van der Waals surface area (Å²) in [4.78, 5) is 65.1. The van der Waals surface area contributed by atoms with Crippen molar-refractivity contribution in [3.05, 3.63) is 42.9 Å². The molecular weight excluding hydrogens is 654 g/mol. The number of ether oxygens (including phenoxy) is 1. The lowest BCUT2D eigenvalue weighted by atomic mass is 9.84. The van der Waals surface area contributed by atoms with E-state index in [1.807, 2.05) is 59.7 Å². The molecule has 15 heteroatoms. The number of likely N-dealkylation sites (tertiary alicyclic amines) is 1. The number of fused-ring (bicyclic) bond motifs is 2. The van der Waals surface area contributed by atoms with Gasteiger partial charge in [0.1, 0.15) is 36.0 Å². The van der Waals surface area contributed by atoms with Crippen molar-refractivity contribution in [1.82, 2.24) is 35.3 Å². The van der Waals surface area contributed by atoms with Crippen molar-refractivity contribution < 1.29 is 29.0 Å². The molecule has 0 aliphatic carbocycles. The predicted octanol–water partition coefficient (Wildman–Crippen LogP) is 5.13. The lowest BCUT2D eigenvalue weighted by Crippen LogP contribution is -2.60. The Morgan fingerprint density at radius 3 is 2.51 bits per heavy atom. The van der Waals surface area contributed by atoms with Gasteiger partial charge in [-0.1, -0.05) is 41.5 Å². The van der Waals surface area contributed by atoms with Crippen molar-refractivity contribution in [1.29, 1.82) is 0 Å². The minimum Gasteiger partial charge on any atom is -0.494 e. The molecule has 4 amide bonds. The largest absolute Gasteiger partial charge is 0.494 e. The van der Waals surface area contributed by atoms with Crippen LogP contribution in [0.1, 0.15) is 60.8 Å². The number of anilines is 3. The van der Waals surface area contributed by atoms with Crippen LogP contribution in [0.4, 0.5) is 22.0 Å². The zero-order valence-electron chi connectivity index (χ0n) is 30.3. The van der Waals surface area contributed by atoms with E-state index in [0.29, 0.717) is 47.5 Å². The van der Waals surface area contributed by atoms with Crippen LogP contribution < -0.4 is 20.7 Å². The Labute approximate surface area is 296 Å². The van der Waals surface area contributed by atoms with Crippen molar-refractivity contribution in [2.75, 3.05) is 31.3 Å². The number of rotatable bonds is 10. The highest BCUT2D eigenvalue weighted by molar-refractivity contribution is 6.03. The van der Waals surface area contributed by atoms with Crippen molar-refractivity contribution >= 4 is 62.8 Å². The van der Waals surface area contributed by atoms with Crippen molar-refractivity contribution in [3.8, 4) is 5.75 Å². The van der Waals surface area contributed by atoms with Gasteiger partial charge in [-0.15, -0.1) is 0 Å². The van der Waals surface area contributed by atoms with Gasteiger partial charge in [0.25, 0.3) is 0 Å². The molecule has 5 rings (SSSR count). The lowest BCUT2D eigenvalue weighted by molar-refractivity contribution is -0.143. The van der Waals surface area contributed by atoms with Crippen LogP contribution in [0.5, 0.6) is 5.75 Å². The second-order valence-electron chi connectivity index (χ2n) is 15.2. The summed E-state index contributed by atoms with van der Waals surface area (Å²) in [6, 6.07) is 6.33. The number of likely N-dealkylation sites (N-methyl/N-ethyl adjacent to an activating group) is 1. The van der Waals surface area contributed by atoms with E-state index < -0.39 is 47.4 Å². The monoisotopic (exact) mass is 701 g/mol. The van der Waals surface area contributed by atoms with E-state index in [-0.39, 0.29) is 11.8 Å². The Kier molecular flexibility index (Phi) is 10.4. The van der Waals surface area contributed by atoms with Crippen molar-refractivity contribution in [2.24, 2.45) is 10.8 Å². The molecule has 1 aliphatic rings. The van der Waals surface area contributed by atoms with Crippen LogP contribution in [-0.2, 0) is 14.4 Å². The molecule has 4 aromatic rings. The molecule has 15 nitrogen and oxygen atoms in total. The van der Waals surface area contributed by atoms with Crippen LogP contribution in [0.2, 0.25) is 0 Å². The third kappa shape index (κ3) is 8.30. The van der Waals surface area contributed by atoms with Gasteiger partial charge in [-0.05, 0) is 54.4 Å². The third-order valence-corrected chi connectivity index (χ3v) is 9.03. The zero-order chi connectivity index (χ0) is 37.2. The number of nitrogens with zero attached hydrogens (tertiary/aromatic N) is 5. The normalized spacial score (nSPS) is 16.1. The fraction of sp³-hybridized carbons (Fsp3) is 0.472. The summed E-state index contributed by atoms with van der Waals surface area (Å²) in [7, 11) is 2.84. The Bertz CT molecular complexity index is 1950. The van der Waals surface area contributed by atoms with Gasteiger partial charge in [-0.25, -0.2) is 14.8 Å². The Balaban J connectivity index is 1.38. The average Bonchev–Trinajstić information content (AvgIpc) is 3.74. The molecule has 3 heterocycles. The van der Waals surface area contributed by atoms with Crippen LogP contribution in [-0.4, -0.2) is 97.7 Å². The van der Waals surface area contributed by atoms with Gasteiger partial charge in [0.15, 0.2) is 0 Å². The summed E-state index contributed by atoms with van der Waals surface area (Å²) in [5, 5.41) is 27.4. The number of H-pyrrole nitrogens is 1. The standard InChI is InChI=1S/C36H47N9O6/c1-35(2,3)17-27(44(7)34(49)50)32(47)42-29(36(4,5)6)33(48)45-13-9-10-26(45)31(46)41-25-15-22-24(16-28(25)51-8)37-19-38-30(22)40-21-11-12-23-20(14-21)18-39-43-23/h11-12,14-16,18-19,26-27,29H,9-10,13,17H2,1-8H3,(H,39,43)(H,41,46)(H,42,47)(H,49,50)(H,37,38,40)/t26-,27-,29+/m0/s1. The predicted molar refractivity (Wildman–Crippen MR) is 194 cm³/mol. The van der Waals surface area contributed by atoms with Crippen LogP contribution in [0.3, 0.4) is 0 Å². The minimum absolute atomic E-state index is 0.247. The van der Waals surface area contributed by atoms with Gasteiger partial charge < -0.3 is 30.7 Å². The molecule has 1 saturated heterocycles. The highest BCUT2D eigenvalue weighted by Crippen LogP contribution is 2.35. The molecule has 3 atom stereocenters. The SMILES string of the molecule is COc1cc2ncnc(Nc3ccc4[nH]ncc4c3)c2cc1NC(=O)[C@@H]1CCCN1C(=O)[C@@H](NC(=O)[C@H](CC(C)(C)C)N(C)C(=O)O)C(C)(C)C. The number of hydrogen-bond donors (Lipinski definition) is 5. The molecule has 0 unspecified atom stereocenters. The summed E-state index contributed by atoms with van der Waals surface area (Å²) in [5.41, 5.74) is 1.52. The molecular formula is C36H47N9O6. The number of aromatic nitrogens is 4. The van der Waals surface area contributed by atoms with Gasteiger partial charge in [0.2, 0.25) is 17.7 Å². The van der Waals surface area contributed by atoms with Crippen LogP contribution in [0.15, 0.2) is 42.9 Å². The Morgan fingerprint density at radius 1 is 1.10 bits per heavy atom. The molecule has 2 aromatic heterocycles. The first-order chi connectivity index (χ1) is 24.0. The molecule has 0 bridgehead atoms.